The van der Waals surface area contributed by atoms with Gasteiger partial charge in [0.1, 0.15) is 11.6 Å². The Hall–Kier alpha value is -4.18. The molecular weight excluding hydrogens is 523 g/mol. The Labute approximate surface area is 237 Å². The molecule has 2 aliphatic rings. The molecule has 1 aliphatic heterocycles. The van der Waals surface area contributed by atoms with E-state index in [2.05, 4.69) is 27.1 Å². The van der Waals surface area contributed by atoms with Crippen LogP contribution < -0.4 is 15.9 Å². The lowest BCUT2D eigenvalue weighted by molar-refractivity contribution is 0.0697. The maximum atomic E-state index is 15.4. The van der Waals surface area contributed by atoms with Crippen LogP contribution in [0.5, 0.6) is 0 Å². The first kappa shape index (κ1) is 27.0. The molecule has 0 unspecified atom stereocenters. The number of halogens is 1. The number of anilines is 1. The highest BCUT2D eigenvalue weighted by molar-refractivity contribution is 5.93. The molecule has 4 heterocycles. The van der Waals surface area contributed by atoms with Gasteiger partial charge in [-0.1, -0.05) is 13.8 Å². The quantitative estimate of drug-likeness (QED) is 0.349. The molecule has 0 spiro atoms. The second kappa shape index (κ2) is 10.3. The van der Waals surface area contributed by atoms with Gasteiger partial charge in [0.2, 0.25) is 0 Å². The van der Waals surface area contributed by atoms with Gasteiger partial charge in [0.05, 0.1) is 28.0 Å². The number of piperazine rings is 1. The van der Waals surface area contributed by atoms with E-state index >= 15 is 4.39 Å². The van der Waals surface area contributed by atoms with Crippen LogP contribution in [0.2, 0.25) is 0 Å². The average Bonchev–Trinajstić information content (AvgIpc) is 3.78. The first-order chi connectivity index (χ1) is 19.7. The normalized spacial score (nSPS) is 17.4. The van der Waals surface area contributed by atoms with E-state index in [0.29, 0.717) is 34.8 Å². The third-order valence-corrected chi connectivity index (χ3v) is 8.06. The molecule has 3 aromatic heterocycles. The number of aromatic carboxylic acids is 1. The Bertz CT molecular complexity index is 1750. The van der Waals surface area contributed by atoms with Crippen LogP contribution in [0.15, 0.2) is 41.3 Å². The van der Waals surface area contributed by atoms with Crippen molar-refractivity contribution in [3.05, 3.63) is 75.2 Å². The van der Waals surface area contributed by atoms with Crippen molar-refractivity contribution in [2.75, 3.05) is 24.5 Å². The molecule has 1 atom stereocenters. The minimum Gasteiger partial charge on any atom is -0.478 e. The number of nitrogens with one attached hydrogen (secondary N) is 1. The van der Waals surface area contributed by atoms with Crippen molar-refractivity contribution in [3.63, 3.8) is 0 Å². The Morgan fingerprint density at radius 1 is 1.17 bits per heavy atom. The summed E-state index contributed by atoms with van der Waals surface area (Å²) >= 11 is 0. The third-order valence-electron chi connectivity index (χ3n) is 8.06. The van der Waals surface area contributed by atoms with Gasteiger partial charge in [-0.2, -0.15) is 4.98 Å². The smallest absolute Gasteiger partial charge is 0.355 e. The lowest BCUT2D eigenvalue weighted by Gasteiger charge is -2.35. The summed E-state index contributed by atoms with van der Waals surface area (Å²) in [5.41, 5.74) is 3.30. The van der Waals surface area contributed by atoms with Crippen LogP contribution >= 0.6 is 0 Å². The molecule has 10 heteroatoms. The molecule has 41 heavy (non-hydrogen) atoms. The van der Waals surface area contributed by atoms with Crippen LogP contribution in [-0.4, -0.2) is 56.3 Å². The van der Waals surface area contributed by atoms with E-state index in [-0.39, 0.29) is 29.0 Å². The zero-order valence-electron chi connectivity index (χ0n) is 23.6. The molecule has 1 aliphatic carbocycles. The van der Waals surface area contributed by atoms with E-state index in [1.54, 1.807) is 6.20 Å². The molecule has 0 radical (unpaired) electrons. The highest BCUT2D eigenvalue weighted by Gasteiger charge is 2.32. The molecule has 9 nitrogen and oxygen atoms in total. The summed E-state index contributed by atoms with van der Waals surface area (Å²) in [6, 6.07) is 7.68. The topological polar surface area (TPSA) is 113 Å². The summed E-state index contributed by atoms with van der Waals surface area (Å²) < 4.78 is 16.9. The van der Waals surface area contributed by atoms with E-state index in [1.807, 2.05) is 32.9 Å². The standard InChI is InChI=1S/C31H33FN6O3/c1-16(2)25-27(17(3)9-10-34-25)38-29-23(28(36-31(38)41)37-12-11-33-15-18(37)4)14-21(19-5-6-19)26(35-29)22-13-20(30(39)40)7-8-24(22)32/h7-10,13-14,16,18-19,33H,5-6,11-12,15H2,1-4H3,(H,39,40)/t18-/m0/s1. The molecule has 0 amide bonds. The number of hydrogen-bond donors (Lipinski definition) is 2. The van der Waals surface area contributed by atoms with E-state index in [9.17, 15) is 14.7 Å². The van der Waals surface area contributed by atoms with Crippen molar-refractivity contribution < 1.29 is 14.3 Å². The van der Waals surface area contributed by atoms with E-state index < -0.39 is 17.5 Å². The SMILES string of the molecule is Cc1ccnc(C(C)C)c1-n1c(=O)nc(N2CCNC[C@@H]2C)c2cc(C3CC3)c(-c3cc(C(=O)O)ccc3F)nc21. The predicted molar refractivity (Wildman–Crippen MR) is 156 cm³/mol. The molecular formula is C31H33FN6O3. The van der Waals surface area contributed by atoms with Crippen LogP contribution in [0, 0.1) is 12.7 Å². The van der Waals surface area contributed by atoms with Gasteiger partial charge in [-0.25, -0.2) is 23.5 Å². The number of nitrogens with zero attached hydrogens (tertiary/aromatic N) is 5. The van der Waals surface area contributed by atoms with Gasteiger partial charge in [0, 0.05) is 37.4 Å². The number of benzene rings is 1. The molecule has 6 rings (SSSR count). The lowest BCUT2D eigenvalue weighted by Crippen LogP contribution is -2.50. The zero-order valence-corrected chi connectivity index (χ0v) is 23.6. The van der Waals surface area contributed by atoms with E-state index in [1.165, 1.54) is 16.7 Å². The van der Waals surface area contributed by atoms with Crippen molar-refractivity contribution in [1.82, 2.24) is 24.8 Å². The van der Waals surface area contributed by atoms with Crippen LogP contribution in [0.4, 0.5) is 10.2 Å². The Morgan fingerprint density at radius 2 is 1.95 bits per heavy atom. The summed E-state index contributed by atoms with van der Waals surface area (Å²) in [5, 5.41) is 13.7. The summed E-state index contributed by atoms with van der Waals surface area (Å²) in [5.74, 6) is -0.986. The molecule has 212 valence electrons. The Morgan fingerprint density at radius 3 is 2.63 bits per heavy atom. The number of carboxylic acids is 1. The van der Waals surface area contributed by atoms with Crippen molar-refractivity contribution in [2.24, 2.45) is 0 Å². The summed E-state index contributed by atoms with van der Waals surface area (Å²) in [4.78, 5) is 42.3. The highest BCUT2D eigenvalue weighted by Crippen LogP contribution is 2.46. The maximum absolute atomic E-state index is 15.4. The number of aryl methyl sites for hydroxylation is 1. The number of hydrogen-bond acceptors (Lipinski definition) is 7. The summed E-state index contributed by atoms with van der Waals surface area (Å²) in [6.45, 7) is 10.2. The molecule has 1 aromatic carbocycles. The van der Waals surface area contributed by atoms with Gasteiger partial charge in [0.15, 0.2) is 5.65 Å². The number of aromatic nitrogens is 4. The van der Waals surface area contributed by atoms with Crippen LogP contribution in [-0.2, 0) is 0 Å². The van der Waals surface area contributed by atoms with Gasteiger partial charge in [-0.15, -0.1) is 0 Å². The highest BCUT2D eigenvalue weighted by atomic mass is 19.1. The van der Waals surface area contributed by atoms with Gasteiger partial charge >= 0.3 is 11.7 Å². The number of carboxylic acid groups (broad SMARTS) is 1. The van der Waals surface area contributed by atoms with Crippen molar-refractivity contribution in [2.45, 2.75) is 58.4 Å². The van der Waals surface area contributed by atoms with Crippen LogP contribution in [0.1, 0.15) is 72.6 Å². The fourth-order valence-electron chi connectivity index (χ4n) is 5.77. The Kier molecular flexibility index (Phi) is 6.81. The molecule has 1 saturated heterocycles. The fourth-order valence-corrected chi connectivity index (χ4v) is 5.77. The second-order valence-electron chi connectivity index (χ2n) is 11.4. The van der Waals surface area contributed by atoms with Crippen molar-refractivity contribution >= 4 is 22.8 Å². The number of fused-ring (bicyclic) bond motifs is 1. The summed E-state index contributed by atoms with van der Waals surface area (Å²) in [7, 11) is 0. The van der Waals surface area contributed by atoms with E-state index in [0.717, 1.165) is 48.8 Å². The first-order valence-corrected chi connectivity index (χ1v) is 14.1. The predicted octanol–water partition coefficient (Wildman–Crippen LogP) is 4.79. The van der Waals surface area contributed by atoms with Crippen LogP contribution in [0.25, 0.3) is 28.0 Å². The second-order valence-corrected chi connectivity index (χ2v) is 11.4. The Balaban J connectivity index is 1.74. The maximum Gasteiger partial charge on any atom is 0.355 e. The molecule has 2 fully saturated rings. The fraction of sp³-hybridized carbons (Fsp3) is 0.387. The monoisotopic (exact) mass is 556 g/mol. The van der Waals surface area contributed by atoms with Gasteiger partial charge < -0.3 is 15.3 Å². The van der Waals surface area contributed by atoms with Crippen molar-refractivity contribution in [3.8, 4) is 16.9 Å². The number of rotatable bonds is 6. The first-order valence-electron chi connectivity index (χ1n) is 14.1. The molecule has 2 N–H and O–H groups in total. The largest absolute Gasteiger partial charge is 0.478 e. The van der Waals surface area contributed by atoms with Gasteiger partial charge in [0.25, 0.3) is 0 Å². The zero-order chi connectivity index (χ0) is 29.0. The average molecular weight is 557 g/mol. The molecule has 1 saturated carbocycles. The lowest BCUT2D eigenvalue weighted by atomic mass is 9.98. The minimum atomic E-state index is -1.15. The van der Waals surface area contributed by atoms with Gasteiger partial charge in [-0.05, 0) is 80.0 Å². The summed E-state index contributed by atoms with van der Waals surface area (Å²) in [6.07, 6.45) is 3.57. The van der Waals surface area contributed by atoms with Gasteiger partial charge in [-0.3, -0.25) is 4.98 Å². The number of carbonyl (C=O) groups is 1. The third kappa shape index (κ3) is 4.76. The number of pyridine rings is 2. The van der Waals surface area contributed by atoms with Crippen molar-refractivity contribution in [1.29, 1.82) is 0 Å². The minimum absolute atomic E-state index is 0.00891. The van der Waals surface area contributed by atoms with E-state index in [4.69, 9.17) is 4.98 Å². The van der Waals surface area contributed by atoms with Crippen LogP contribution in [0.3, 0.4) is 0 Å². The molecule has 0 bridgehead atoms. The molecule has 4 aromatic rings.